The molecule has 4 N–H and O–H groups in total. The minimum atomic E-state index is -0.635. The molecule has 5 heteroatoms. The first kappa shape index (κ1) is 12.4. The maximum Gasteiger partial charge on any atom is 0.130 e. The first-order valence-corrected chi connectivity index (χ1v) is 5.47. The Balaban J connectivity index is 2.19. The smallest absolute Gasteiger partial charge is 0.130 e. The topological polar surface area (TPSA) is 64.9 Å². The van der Waals surface area contributed by atoms with Crippen LogP contribution in [0.2, 0.25) is 0 Å². The molecule has 0 fully saturated rings. The third kappa shape index (κ3) is 2.81. The van der Waals surface area contributed by atoms with E-state index < -0.39 is 17.7 Å². The van der Waals surface area contributed by atoms with Crippen molar-refractivity contribution in [1.29, 1.82) is 0 Å². The lowest BCUT2D eigenvalue weighted by Gasteiger charge is -2.13. The lowest BCUT2D eigenvalue weighted by Crippen LogP contribution is -2.15. The summed E-state index contributed by atoms with van der Waals surface area (Å²) in [7, 11) is 0. The number of benzene rings is 1. The van der Waals surface area contributed by atoms with E-state index in [1.165, 1.54) is 12.1 Å². The first-order valence-electron chi connectivity index (χ1n) is 5.47. The van der Waals surface area contributed by atoms with Gasteiger partial charge in [-0.1, -0.05) is 6.07 Å². The van der Waals surface area contributed by atoms with Gasteiger partial charge in [-0.25, -0.2) is 13.8 Å². The summed E-state index contributed by atoms with van der Waals surface area (Å²) < 4.78 is 26.3. The third-order valence-electron chi connectivity index (χ3n) is 2.66. The molecule has 0 amide bonds. The van der Waals surface area contributed by atoms with E-state index in [0.29, 0.717) is 12.2 Å². The summed E-state index contributed by atoms with van der Waals surface area (Å²) in [5, 5.41) is 0. The van der Waals surface area contributed by atoms with Crippen molar-refractivity contribution in [2.75, 3.05) is 5.73 Å². The Labute approximate surface area is 103 Å². The zero-order valence-electron chi connectivity index (χ0n) is 9.61. The van der Waals surface area contributed by atoms with Gasteiger partial charge >= 0.3 is 0 Å². The number of rotatable bonds is 3. The summed E-state index contributed by atoms with van der Waals surface area (Å²) in [4.78, 5) is 3.86. The molecule has 2 rings (SSSR count). The molecule has 1 unspecified atom stereocenters. The molecular weight excluding hydrogens is 236 g/mol. The number of nitrogen functional groups attached to an aromatic ring is 1. The van der Waals surface area contributed by atoms with Gasteiger partial charge in [0.25, 0.3) is 0 Å². The molecule has 1 aromatic heterocycles. The van der Waals surface area contributed by atoms with Gasteiger partial charge in [-0.3, -0.25) is 0 Å². The second-order valence-electron chi connectivity index (χ2n) is 4.07. The number of halogens is 2. The highest BCUT2D eigenvalue weighted by molar-refractivity contribution is 5.33. The van der Waals surface area contributed by atoms with Gasteiger partial charge in [0.05, 0.1) is 0 Å². The largest absolute Gasteiger partial charge is 0.384 e. The number of anilines is 1. The summed E-state index contributed by atoms with van der Waals surface area (Å²) in [6.07, 6.45) is 1.98. The van der Waals surface area contributed by atoms with Gasteiger partial charge in [0.15, 0.2) is 0 Å². The summed E-state index contributed by atoms with van der Waals surface area (Å²) in [5.74, 6) is -0.861. The molecule has 0 spiro atoms. The van der Waals surface area contributed by atoms with Gasteiger partial charge < -0.3 is 11.5 Å². The molecular formula is C13H13F2N3. The Morgan fingerprint density at radius 3 is 2.61 bits per heavy atom. The predicted octanol–water partition coefficient (Wildman–Crippen LogP) is 2.18. The zero-order chi connectivity index (χ0) is 13.1. The Bertz CT molecular complexity index is 558. The van der Waals surface area contributed by atoms with E-state index in [4.69, 9.17) is 11.5 Å². The number of nitrogens with zero attached hydrogens (tertiary/aromatic N) is 1. The Morgan fingerprint density at radius 1 is 1.17 bits per heavy atom. The average molecular weight is 249 g/mol. The first-order chi connectivity index (χ1) is 8.56. The minimum absolute atomic E-state index is 0.284. The molecule has 1 aromatic carbocycles. The molecule has 18 heavy (non-hydrogen) atoms. The SMILES string of the molecule is Nc1cc(CC(N)c2ccc(F)cc2F)ccn1. The van der Waals surface area contributed by atoms with Gasteiger partial charge in [0, 0.05) is 23.9 Å². The standard InChI is InChI=1S/C13H13F2N3/c14-9-1-2-10(11(15)7-9)12(16)5-8-3-4-18-13(17)6-8/h1-4,6-7,12H,5,16H2,(H2,17,18). The molecule has 0 aliphatic heterocycles. The van der Waals surface area contributed by atoms with Crippen LogP contribution in [-0.4, -0.2) is 4.98 Å². The van der Waals surface area contributed by atoms with E-state index in [1.807, 2.05) is 0 Å². The van der Waals surface area contributed by atoms with Crippen LogP contribution in [-0.2, 0) is 6.42 Å². The molecule has 1 heterocycles. The highest BCUT2D eigenvalue weighted by Gasteiger charge is 2.13. The van der Waals surface area contributed by atoms with Crippen molar-refractivity contribution in [1.82, 2.24) is 4.98 Å². The second-order valence-corrected chi connectivity index (χ2v) is 4.07. The van der Waals surface area contributed by atoms with E-state index in [0.717, 1.165) is 11.6 Å². The normalized spacial score (nSPS) is 12.4. The molecule has 0 saturated carbocycles. The van der Waals surface area contributed by atoms with E-state index in [1.54, 1.807) is 18.3 Å². The number of nitrogens with two attached hydrogens (primary N) is 2. The van der Waals surface area contributed by atoms with E-state index in [-0.39, 0.29) is 5.56 Å². The highest BCUT2D eigenvalue weighted by atomic mass is 19.1. The Morgan fingerprint density at radius 2 is 1.94 bits per heavy atom. The molecule has 1 atom stereocenters. The summed E-state index contributed by atoms with van der Waals surface area (Å²) in [5.41, 5.74) is 12.6. The molecule has 3 nitrogen and oxygen atoms in total. The van der Waals surface area contributed by atoms with Crippen molar-refractivity contribution < 1.29 is 8.78 Å². The fourth-order valence-electron chi connectivity index (χ4n) is 1.79. The summed E-state index contributed by atoms with van der Waals surface area (Å²) in [6, 6.07) is 6.28. The van der Waals surface area contributed by atoms with Crippen molar-refractivity contribution in [2.45, 2.75) is 12.5 Å². The summed E-state index contributed by atoms with van der Waals surface area (Å²) >= 11 is 0. The van der Waals surface area contributed by atoms with Crippen LogP contribution in [0.3, 0.4) is 0 Å². The minimum Gasteiger partial charge on any atom is -0.384 e. The molecule has 0 saturated heterocycles. The van der Waals surface area contributed by atoms with Crippen LogP contribution < -0.4 is 11.5 Å². The molecule has 0 bridgehead atoms. The number of hydrogen-bond donors (Lipinski definition) is 2. The van der Waals surface area contributed by atoms with Gasteiger partial charge in [-0.05, 0) is 30.2 Å². The lowest BCUT2D eigenvalue weighted by atomic mass is 10.00. The number of pyridine rings is 1. The van der Waals surface area contributed by atoms with Crippen LogP contribution in [0.1, 0.15) is 17.2 Å². The average Bonchev–Trinajstić information content (AvgIpc) is 2.28. The van der Waals surface area contributed by atoms with E-state index in [2.05, 4.69) is 4.98 Å². The lowest BCUT2D eigenvalue weighted by molar-refractivity contribution is 0.554. The van der Waals surface area contributed by atoms with Crippen LogP contribution in [0.5, 0.6) is 0 Å². The van der Waals surface area contributed by atoms with Crippen LogP contribution >= 0.6 is 0 Å². The second kappa shape index (κ2) is 5.10. The molecule has 0 aliphatic carbocycles. The van der Waals surface area contributed by atoms with Gasteiger partial charge in [0.1, 0.15) is 17.5 Å². The van der Waals surface area contributed by atoms with Crippen molar-refractivity contribution in [2.24, 2.45) is 5.73 Å². The Hall–Kier alpha value is -2.01. The maximum atomic E-state index is 13.5. The van der Waals surface area contributed by atoms with Crippen molar-refractivity contribution in [3.8, 4) is 0 Å². The quantitative estimate of drug-likeness (QED) is 0.876. The van der Waals surface area contributed by atoms with Crippen molar-refractivity contribution >= 4 is 5.82 Å². The van der Waals surface area contributed by atoms with Gasteiger partial charge in [0.2, 0.25) is 0 Å². The van der Waals surface area contributed by atoms with Crippen LogP contribution in [0, 0.1) is 11.6 Å². The van der Waals surface area contributed by atoms with Crippen LogP contribution in [0.25, 0.3) is 0 Å². The monoisotopic (exact) mass is 249 g/mol. The molecule has 0 radical (unpaired) electrons. The van der Waals surface area contributed by atoms with Crippen LogP contribution in [0.15, 0.2) is 36.5 Å². The maximum absolute atomic E-state index is 13.5. The predicted molar refractivity (Wildman–Crippen MR) is 65.6 cm³/mol. The fourth-order valence-corrected chi connectivity index (χ4v) is 1.79. The fraction of sp³-hybridized carbons (Fsp3) is 0.154. The highest BCUT2D eigenvalue weighted by Crippen LogP contribution is 2.20. The molecule has 0 aliphatic rings. The van der Waals surface area contributed by atoms with Crippen molar-refractivity contribution in [3.63, 3.8) is 0 Å². The Kier molecular flexibility index (Phi) is 3.53. The van der Waals surface area contributed by atoms with Gasteiger partial charge in [-0.15, -0.1) is 0 Å². The van der Waals surface area contributed by atoms with Crippen LogP contribution in [0.4, 0.5) is 14.6 Å². The number of hydrogen-bond acceptors (Lipinski definition) is 3. The van der Waals surface area contributed by atoms with Gasteiger partial charge in [-0.2, -0.15) is 0 Å². The van der Waals surface area contributed by atoms with E-state index >= 15 is 0 Å². The molecule has 94 valence electrons. The zero-order valence-corrected chi connectivity index (χ0v) is 9.61. The molecule has 2 aromatic rings. The van der Waals surface area contributed by atoms with Crippen molar-refractivity contribution in [3.05, 3.63) is 59.3 Å². The number of aromatic nitrogens is 1. The summed E-state index contributed by atoms with van der Waals surface area (Å²) in [6.45, 7) is 0. The third-order valence-corrected chi connectivity index (χ3v) is 2.66. The van der Waals surface area contributed by atoms with E-state index in [9.17, 15) is 8.78 Å².